The summed E-state index contributed by atoms with van der Waals surface area (Å²) in [4.78, 5) is 25.6. The summed E-state index contributed by atoms with van der Waals surface area (Å²) in [7, 11) is 0. The highest BCUT2D eigenvalue weighted by Crippen LogP contribution is 2.58. The van der Waals surface area contributed by atoms with Crippen molar-refractivity contribution in [1.82, 2.24) is 20.3 Å². The highest BCUT2D eigenvalue weighted by molar-refractivity contribution is 5.94. The summed E-state index contributed by atoms with van der Waals surface area (Å²) in [6, 6.07) is 8.20. The average Bonchev–Trinajstić information content (AvgIpc) is 3.88. The second kappa shape index (κ2) is 10.1. The molecule has 0 saturated heterocycles. The summed E-state index contributed by atoms with van der Waals surface area (Å²) in [6.07, 6.45) is 17.7. The molecule has 1 amide bonds. The zero-order chi connectivity index (χ0) is 27.4. The van der Waals surface area contributed by atoms with E-state index < -0.39 is 0 Å². The lowest BCUT2D eigenvalue weighted by molar-refractivity contribution is -0.120. The van der Waals surface area contributed by atoms with Gasteiger partial charge >= 0.3 is 0 Å². The van der Waals surface area contributed by atoms with Gasteiger partial charge in [0.2, 0.25) is 11.8 Å². The zero-order valence-electron chi connectivity index (χ0n) is 24.0. The van der Waals surface area contributed by atoms with E-state index in [0.29, 0.717) is 24.1 Å². The van der Waals surface area contributed by atoms with E-state index in [1.165, 1.54) is 44.9 Å². The molecule has 0 radical (unpaired) electrons. The molecule has 6 aliphatic carbocycles. The molecule has 41 heavy (non-hydrogen) atoms. The van der Waals surface area contributed by atoms with E-state index in [2.05, 4.69) is 32.3 Å². The van der Waals surface area contributed by atoms with Crippen molar-refractivity contribution in [3.8, 4) is 11.5 Å². The van der Waals surface area contributed by atoms with Crippen LogP contribution in [0.15, 0.2) is 33.3 Å². The van der Waals surface area contributed by atoms with Gasteiger partial charge in [-0.15, -0.1) is 0 Å². The van der Waals surface area contributed by atoms with Crippen molar-refractivity contribution < 1.29 is 13.8 Å². The van der Waals surface area contributed by atoms with Gasteiger partial charge in [-0.2, -0.15) is 9.97 Å². The van der Waals surface area contributed by atoms with Gasteiger partial charge < -0.3 is 13.9 Å². The van der Waals surface area contributed by atoms with Crippen LogP contribution >= 0.6 is 0 Å². The van der Waals surface area contributed by atoms with Crippen molar-refractivity contribution in [3.05, 3.63) is 41.8 Å². The van der Waals surface area contributed by atoms with E-state index in [4.69, 9.17) is 14.0 Å². The van der Waals surface area contributed by atoms with Gasteiger partial charge in [0.05, 0.1) is 0 Å². The second-order valence-electron chi connectivity index (χ2n) is 14.1. The van der Waals surface area contributed by atoms with Crippen molar-refractivity contribution in [2.24, 2.45) is 23.2 Å². The van der Waals surface area contributed by atoms with E-state index in [1.807, 2.05) is 12.1 Å². The summed E-state index contributed by atoms with van der Waals surface area (Å²) >= 11 is 0. The summed E-state index contributed by atoms with van der Waals surface area (Å²) in [5.41, 5.74) is 1.99. The van der Waals surface area contributed by atoms with Crippen LogP contribution in [-0.4, -0.2) is 32.7 Å². The van der Waals surface area contributed by atoms with Gasteiger partial charge in [0, 0.05) is 42.5 Å². The largest absolute Gasteiger partial charge is 0.339 e. The molecular formula is C33H41N5O3. The van der Waals surface area contributed by atoms with Crippen molar-refractivity contribution in [2.75, 3.05) is 11.4 Å². The van der Waals surface area contributed by atoms with Gasteiger partial charge in [0.15, 0.2) is 11.6 Å². The number of benzene rings is 1. The number of nitrogens with zero attached hydrogens (tertiary/aromatic N) is 5. The topological polar surface area (TPSA) is 98.2 Å². The highest BCUT2D eigenvalue weighted by atomic mass is 16.5. The summed E-state index contributed by atoms with van der Waals surface area (Å²) in [6.45, 7) is 0.769. The van der Waals surface area contributed by atoms with Gasteiger partial charge in [-0.05, 0) is 118 Å². The van der Waals surface area contributed by atoms with Gasteiger partial charge in [-0.1, -0.05) is 22.8 Å². The minimum atomic E-state index is 0.0212. The molecule has 0 atom stereocenters. The fourth-order valence-electron chi connectivity index (χ4n) is 7.51. The van der Waals surface area contributed by atoms with Crippen LogP contribution < -0.4 is 4.90 Å². The number of amides is 1. The molecule has 1 aromatic carbocycles. The van der Waals surface area contributed by atoms with E-state index >= 15 is 0 Å². The number of carbonyl (C=O) groups is 1. The Labute approximate surface area is 241 Å². The van der Waals surface area contributed by atoms with Crippen LogP contribution in [-0.2, 0) is 23.1 Å². The Morgan fingerprint density at radius 1 is 0.829 bits per heavy atom. The Balaban J connectivity index is 1.01. The first-order chi connectivity index (χ1) is 20.0. The van der Waals surface area contributed by atoms with Crippen LogP contribution in [0.2, 0.25) is 0 Å². The average molecular weight is 556 g/mol. The van der Waals surface area contributed by atoms with E-state index in [9.17, 15) is 4.79 Å². The molecule has 8 heteroatoms. The van der Waals surface area contributed by atoms with E-state index in [1.54, 1.807) is 0 Å². The molecule has 6 fully saturated rings. The Morgan fingerprint density at radius 2 is 1.51 bits per heavy atom. The van der Waals surface area contributed by atoms with Gasteiger partial charge in [0.25, 0.3) is 5.89 Å². The number of hydrogen-bond acceptors (Lipinski definition) is 7. The molecule has 2 heterocycles. The number of fused-ring (bicyclic) bond motifs is 3. The van der Waals surface area contributed by atoms with Crippen LogP contribution in [0.3, 0.4) is 0 Å². The fraction of sp³-hybridized carbons (Fsp3) is 0.667. The first-order valence-electron chi connectivity index (χ1n) is 16.1. The summed E-state index contributed by atoms with van der Waals surface area (Å²) in [5.74, 6) is 5.35. The lowest BCUT2D eigenvalue weighted by Crippen LogP contribution is -2.51. The van der Waals surface area contributed by atoms with E-state index in [-0.39, 0.29) is 16.7 Å². The third-order valence-electron chi connectivity index (χ3n) is 11.0. The number of rotatable bonds is 11. The third-order valence-corrected chi connectivity index (χ3v) is 11.0. The Hall–Kier alpha value is -3.03. The second-order valence-corrected chi connectivity index (χ2v) is 14.1. The molecule has 0 unspecified atom stereocenters. The molecule has 0 N–H and O–H groups in total. The van der Waals surface area contributed by atoms with Crippen LogP contribution in [0.25, 0.3) is 11.5 Å². The standard InChI is InChI=1S/C33H41N5O3/c39-29(19-22-3-1-4-22)38(26-6-2-5-25(20-26)30-34-27(36-40-30)17-23-7-8-23)21-32-11-14-33(15-12-32,16-13-32)31-35-28(37-41-31)18-24-9-10-24/h2,5-6,20,22-24H,1,3-4,7-19,21H2. The monoisotopic (exact) mass is 555 g/mol. The Kier molecular flexibility index (Phi) is 6.29. The smallest absolute Gasteiger partial charge is 0.257 e. The number of aromatic nitrogens is 4. The number of hydrogen-bond donors (Lipinski definition) is 0. The minimum absolute atomic E-state index is 0.0212. The maximum atomic E-state index is 13.9. The highest BCUT2D eigenvalue weighted by Gasteiger charge is 2.53. The molecule has 6 saturated carbocycles. The lowest BCUT2D eigenvalue weighted by atomic mass is 9.53. The maximum absolute atomic E-state index is 13.9. The predicted molar refractivity (Wildman–Crippen MR) is 153 cm³/mol. The normalized spacial score (nSPS) is 27.6. The first kappa shape index (κ1) is 25.7. The Morgan fingerprint density at radius 3 is 2.17 bits per heavy atom. The molecule has 3 aromatic rings. The molecule has 6 aliphatic rings. The number of carbonyl (C=O) groups excluding carboxylic acids is 1. The van der Waals surface area contributed by atoms with Crippen LogP contribution in [0.1, 0.15) is 107 Å². The predicted octanol–water partition coefficient (Wildman–Crippen LogP) is 6.84. The molecule has 9 rings (SSSR count). The molecule has 2 aromatic heterocycles. The van der Waals surface area contributed by atoms with Crippen LogP contribution in [0.5, 0.6) is 0 Å². The molecule has 0 spiro atoms. The fourth-order valence-corrected chi connectivity index (χ4v) is 7.51. The van der Waals surface area contributed by atoms with Crippen LogP contribution in [0.4, 0.5) is 5.69 Å². The van der Waals surface area contributed by atoms with Crippen LogP contribution in [0, 0.1) is 23.2 Å². The zero-order valence-corrected chi connectivity index (χ0v) is 24.0. The maximum Gasteiger partial charge on any atom is 0.257 e. The van der Waals surface area contributed by atoms with Crippen molar-refractivity contribution in [1.29, 1.82) is 0 Å². The number of anilines is 1. The van der Waals surface area contributed by atoms with E-state index in [0.717, 1.165) is 92.6 Å². The van der Waals surface area contributed by atoms with Gasteiger partial charge in [0.1, 0.15) is 0 Å². The third kappa shape index (κ3) is 5.23. The minimum Gasteiger partial charge on any atom is -0.339 e. The summed E-state index contributed by atoms with van der Waals surface area (Å²) in [5, 5.41) is 8.58. The lowest BCUT2D eigenvalue weighted by Gasteiger charge is -2.53. The quantitative estimate of drug-likeness (QED) is 0.255. The SMILES string of the molecule is O=C(CC1CCC1)N(CC12CCC(c3nc(CC4CC4)no3)(CC1)CC2)c1cccc(-c2nc(CC3CC3)no2)c1. The first-order valence-corrected chi connectivity index (χ1v) is 16.1. The Bertz CT molecular complexity index is 1390. The van der Waals surface area contributed by atoms with Gasteiger partial charge in [-0.3, -0.25) is 4.79 Å². The summed E-state index contributed by atoms with van der Waals surface area (Å²) < 4.78 is 11.5. The molecular weight excluding hydrogens is 514 g/mol. The molecule has 8 nitrogen and oxygen atoms in total. The van der Waals surface area contributed by atoms with Crippen molar-refractivity contribution in [3.63, 3.8) is 0 Å². The van der Waals surface area contributed by atoms with Crippen molar-refractivity contribution in [2.45, 2.75) is 108 Å². The van der Waals surface area contributed by atoms with Crippen molar-refractivity contribution >= 4 is 11.6 Å². The molecule has 2 bridgehead atoms. The van der Waals surface area contributed by atoms with Gasteiger partial charge in [-0.25, -0.2) is 0 Å². The molecule has 216 valence electrons. The molecule has 0 aliphatic heterocycles.